The Labute approximate surface area is 186 Å². The van der Waals surface area contributed by atoms with Crippen LogP contribution in [0.3, 0.4) is 0 Å². The first kappa shape index (κ1) is 22.4. The molecular weight excluding hydrogens is 435 g/mol. The lowest BCUT2D eigenvalue weighted by molar-refractivity contribution is -0.135. The Balaban J connectivity index is 1.47. The van der Waals surface area contributed by atoms with E-state index in [1.807, 2.05) is 13.8 Å². The lowest BCUT2D eigenvalue weighted by Crippen LogP contribution is -2.34. The number of anilines is 1. The molecular formula is C22H27FN4O4S. The second-order valence-corrected chi connectivity index (χ2v) is 10.9. The van der Waals surface area contributed by atoms with E-state index in [-0.39, 0.29) is 48.0 Å². The fraction of sp³-hybridized carbons (Fsp3) is 0.500. The standard InChI is InChI=1S/C22H27FN4O4S/c1-14-18(15(2)27(24-14)17-8-9-32(30,31)13-17)12-25(3)22(29)16-10-21(28)26(11-16)20-7-5-4-6-19(20)23/h4-7,16-17H,8-13H2,1-3H3. The number of aryl methyl sites for hydroxylation is 1. The fourth-order valence-electron chi connectivity index (χ4n) is 4.65. The Hall–Kier alpha value is -2.75. The van der Waals surface area contributed by atoms with Gasteiger partial charge in [-0.3, -0.25) is 14.3 Å². The van der Waals surface area contributed by atoms with Crippen molar-refractivity contribution in [2.75, 3.05) is 30.0 Å². The Morgan fingerprint density at radius 3 is 2.66 bits per heavy atom. The average Bonchev–Trinajstić information content (AvgIpc) is 3.38. The molecule has 0 N–H and O–H groups in total. The normalized spacial score (nSPS) is 22.5. The van der Waals surface area contributed by atoms with Gasteiger partial charge in [-0.05, 0) is 32.4 Å². The van der Waals surface area contributed by atoms with Crippen molar-refractivity contribution in [3.8, 4) is 0 Å². The van der Waals surface area contributed by atoms with Gasteiger partial charge >= 0.3 is 0 Å². The van der Waals surface area contributed by atoms with Gasteiger partial charge in [0.25, 0.3) is 0 Å². The van der Waals surface area contributed by atoms with E-state index in [0.29, 0.717) is 13.0 Å². The zero-order valence-corrected chi connectivity index (χ0v) is 19.2. The van der Waals surface area contributed by atoms with Gasteiger partial charge in [-0.1, -0.05) is 12.1 Å². The van der Waals surface area contributed by atoms with Crippen LogP contribution in [0.4, 0.5) is 10.1 Å². The zero-order valence-electron chi connectivity index (χ0n) is 18.4. The van der Waals surface area contributed by atoms with Crippen LogP contribution in [-0.4, -0.2) is 60.0 Å². The molecule has 0 radical (unpaired) electrons. The molecule has 2 aliphatic rings. The molecule has 1 aromatic carbocycles. The summed E-state index contributed by atoms with van der Waals surface area (Å²) in [7, 11) is -1.36. The van der Waals surface area contributed by atoms with Gasteiger partial charge in [0.2, 0.25) is 11.8 Å². The van der Waals surface area contributed by atoms with Gasteiger partial charge < -0.3 is 9.80 Å². The summed E-state index contributed by atoms with van der Waals surface area (Å²) in [5.74, 6) is -1.26. The van der Waals surface area contributed by atoms with Crippen LogP contribution in [0.5, 0.6) is 0 Å². The van der Waals surface area contributed by atoms with Crippen molar-refractivity contribution in [1.82, 2.24) is 14.7 Å². The second kappa shape index (κ2) is 8.31. The van der Waals surface area contributed by atoms with E-state index in [1.54, 1.807) is 28.8 Å². The predicted molar refractivity (Wildman–Crippen MR) is 117 cm³/mol. The molecule has 8 nitrogen and oxygen atoms in total. The number of carbonyl (C=O) groups is 2. The van der Waals surface area contributed by atoms with E-state index in [0.717, 1.165) is 17.0 Å². The van der Waals surface area contributed by atoms with Crippen LogP contribution in [0.25, 0.3) is 0 Å². The summed E-state index contributed by atoms with van der Waals surface area (Å²) in [5, 5.41) is 4.55. The maximum absolute atomic E-state index is 14.1. The topological polar surface area (TPSA) is 92.6 Å². The molecule has 3 heterocycles. The van der Waals surface area contributed by atoms with Crippen molar-refractivity contribution in [3.05, 3.63) is 47.0 Å². The molecule has 0 saturated carbocycles. The average molecular weight is 463 g/mol. The third-order valence-corrected chi connectivity index (χ3v) is 8.17. The number of halogens is 1. The molecule has 32 heavy (non-hydrogen) atoms. The molecule has 0 spiro atoms. The summed E-state index contributed by atoms with van der Waals surface area (Å²) in [4.78, 5) is 28.4. The molecule has 2 unspecified atom stereocenters. The Bertz CT molecular complexity index is 1180. The number of carbonyl (C=O) groups excluding carboxylic acids is 2. The van der Waals surface area contributed by atoms with Crippen LogP contribution in [-0.2, 0) is 26.0 Å². The molecule has 2 aliphatic heterocycles. The number of nitrogens with zero attached hydrogens (tertiary/aromatic N) is 4. The van der Waals surface area contributed by atoms with Crippen molar-refractivity contribution in [1.29, 1.82) is 0 Å². The zero-order chi connectivity index (χ0) is 23.2. The molecule has 0 aliphatic carbocycles. The van der Waals surface area contributed by atoms with Crippen molar-refractivity contribution in [3.63, 3.8) is 0 Å². The second-order valence-electron chi connectivity index (χ2n) is 8.70. The van der Waals surface area contributed by atoms with E-state index >= 15 is 0 Å². The molecule has 10 heteroatoms. The summed E-state index contributed by atoms with van der Waals surface area (Å²) < 4.78 is 39.6. The largest absolute Gasteiger partial charge is 0.341 e. The molecule has 0 bridgehead atoms. The number of rotatable bonds is 5. The van der Waals surface area contributed by atoms with Gasteiger partial charge in [-0.2, -0.15) is 5.10 Å². The summed E-state index contributed by atoms with van der Waals surface area (Å²) in [6, 6.07) is 5.86. The van der Waals surface area contributed by atoms with Crippen LogP contribution >= 0.6 is 0 Å². The molecule has 2 saturated heterocycles. The molecule has 2 aromatic rings. The Kier molecular flexibility index (Phi) is 5.83. The number of amides is 2. The minimum Gasteiger partial charge on any atom is -0.341 e. The highest BCUT2D eigenvalue weighted by molar-refractivity contribution is 7.91. The summed E-state index contributed by atoms with van der Waals surface area (Å²) in [6.45, 7) is 4.18. The lowest BCUT2D eigenvalue weighted by Gasteiger charge is -2.22. The first-order valence-corrected chi connectivity index (χ1v) is 12.4. The van der Waals surface area contributed by atoms with Crippen LogP contribution in [0, 0.1) is 25.6 Å². The first-order chi connectivity index (χ1) is 15.1. The number of para-hydroxylation sites is 1. The van der Waals surface area contributed by atoms with Crippen molar-refractivity contribution in [2.24, 2.45) is 5.92 Å². The van der Waals surface area contributed by atoms with Gasteiger partial charge in [0.05, 0.1) is 34.8 Å². The van der Waals surface area contributed by atoms with Gasteiger partial charge in [0.1, 0.15) is 5.82 Å². The van der Waals surface area contributed by atoms with Crippen molar-refractivity contribution < 1.29 is 22.4 Å². The summed E-state index contributed by atoms with van der Waals surface area (Å²) >= 11 is 0. The number of hydrogen-bond donors (Lipinski definition) is 0. The van der Waals surface area contributed by atoms with Gasteiger partial charge in [0, 0.05) is 37.8 Å². The SMILES string of the molecule is Cc1nn(C2CCS(=O)(=O)C2)c(C)c1CN(C)C(=O)C1CC(=O)N(c2ccccc2F)C1. The van der Waals surface area contributed by atoms with Gasteiger partial charge in [0.15, 0.2) is 9.84 Å². The van der Waals surface area contributed by atoms with Crippen molar-refractivity contribution >= 4 is 27.3 Å². The highest BCUT2D eigenvalue weighted by atomic mass is 32.2. The van der Waals surface area contributed by atoms with E-state index in [1.165, 1.54) is 17.0 Å². The van der Waals surface area contributed by atoms with Crippen LogP contribution in [0.2, 0.25) is 0 Å². The molecule has 2 atom stereocenters. The molecule has 1 aromatic heterocycles. The summed E-state index contributed by atoms with van der Waals surface area (Å²) in [5.41, 5.74) is 2.66. The molecule has 2 amide bonds. The van der Waals surface area contributed by atoms with E-state index < -0.39 is 21.6 Å². The number of aromatic nitrogens is 2. The minimum absolute atomic E-state index is 0.0364. The van der Waals surface area contributed by atoms with Crippen LogP contribution in [0.1, 0.15) is 35.8 Å². The van der Waals surface area contributed by atoms with Crippen LogP contribution < -0.4 is 4.90 Å². The molecule has 4 rings (SSSR count). The van der Waals surface area contributed by atoms with Crippen molar-refractivity contribution in [2.45, 2.75) is 39.3 Å². The highest BCUT2D eigenvalue weighted by Crippen LogP contribution is 2.30. The summed E-state index contributed by atoms with van der Waals surface area (Å²) in [6.07, 6.45) is 0.573. The third-order valence-electron chi connectivity index (χ3n) is 6.42. The number of benzene rings is 1. The fourth-order valence-corrected chi connectivity index (χ4v) is 6.34. The lowest BCUT2D eigenvalue weighted by atomic mass is 10.1. The first-order valence-electron chi connectivity index (χ1n) is 10.6. The monoisotopic (exact) mass is 462 g/mol. The van der Waals surface area contributed by atoms with E-state index in [2.05, 4.69) is 5.10 Å². The smallest absolute Gasteiger partial charge is 0.228 e. The highest BCUT2D eigenvalue weighted by Gasteiger charge is 2.38. The number of hydrogen-bond acceptors (Lipinski definition) is 5. The maximum Gasteiger partial charge on any atom is 0.228 e. The maximum atomic E-state index is 14.1. The third kappa shape index (κ3) is 4.15. The minimum atomic E-state index is -3.04. The van der Waals surface area contributed by atoms with E-state index in [4.69, 9.17) is 0 Å². The van der Waals surface area contributed by atoms with E-state index in [9.17, 15) is 22.4 Å². The van der Waals surface area contributed by atoms with Crippen LogP contribution in [0.15, 0.2) is 24.3 Å². The quantitative estimate of drug-likeness (QED) is 0.678. The predicted octanol–water partition coefficient (Wildman–Crippen LogP) is 2.01. The number of sulfone groups is 1. The molecule has 2 fully saturated rings. The Morgan fingerprint density at radius 1 is 1.28 bits per heavy atom. The van der Waals surface area contributed by atoms with Gasteiger partial charge in [-0.25, -0.2) is 12.8 Å². The Morgan fingerprint density at radius 2 is 2.00 bits per heavy atom. The van der Waals surface area contributed by atoms with Gasteiger partial charge in [-0.15, -0.1) is 0 Å². The molecule has 172 valence electrons.